The van der Waals surface area contributed by atoms with Crippen LogP contribution in [0.5, 0.6) is 0 Å². The van der Waals surface area contributed by atoms with Crippen LogP contribution in [0, 0.1) is 0 Å². The number of hydrogen-bond acceptors (Lipinski definition) is 5. The minimum absolute atomic E-state index is 0. The molecule has 2 aliphatic heterocycles. The molecule has 2 aliphatic rings. The Kier molecular flexibility index (Phi) is 7.13. The fourth-order valence-corrected chi connectivity index (χ4v) is 4.49. The van der Waals surface area contributed by atoms with E-state index in [-0.39, 0.29) is 29.3 Å². The van der Waals surface area contributed by atoms with Crippen molar-refractivity contribution < 1.29 is 13.2 Å². The van der Waals surface area contributed by atoms with Crippen molar-refractivity contribution in [3.8, 4) is 0 Å². The Balaban J connectivity index is 0.00000261. The van der Waals surface area contributed by atoms with Gasteiger partial charge in [-0.25, -0.2) is 12.7 Å². The Morgan fingerprint density at radius 3 is 2.26 bits per heavy atom. The average molecular weight is 417 g/mol. The molecule has 0 unspecified atom stereocenters. The van der Waals surface area contributed by atoms with E-state index in [1.54, 1.807) is 23.1 Å². The van der Waals surface area contributed by atoms with Crippen LogP contribution in [0.1, 0.15) is 36.0 Å². The average Bonchev–Trinajstić information content (AvgIpc) is 3.15. The molecule has 7 nitrogen and oxygen atoms in total. The number of nitrogens with two attached hydrogens (primary N) is 1. The molecule has 2 N–H and O–H groups in total. The van der Waals surface area contributed by atoms with E-state index in [9.17, 15) is 13.2 Å². The second-order valence-corrected chi connectivity index (χ2v) is 9.44. The predicted molar refractivity (Wildman–Crippen MR) is 109 cm³/mol. The first-order chi connectivity index (χ1) is 12.3. The molecule has 2 fully saturated rings. The van der Waals surface area contributed by atoms with Gasteiger partial charge in [0.25, 0.3) is 5.91 Å². The van der Waals surface area contributed by atoms with Gasteiger partial charge in [-0.3, -0.25) is 4.79 Å². The molecular formula is C18H29ClN4O3S. The number of carbonyl (C=O) groups is 1. The third-order valence-electron chi connectivity index (χ3n) is 5.25. The van der Waals surface area contributed by atoms with Gasteiger partial charge in [-0.15, -0.1) is 12.4 Å². The molecule has 27 heavy (non-hydrogen) atoms. The van der Waals surface area contributed by atoms with Gasteiger partial charge in [0.2, 0.25) is 10.0 Å². The van der Waals surface area contributed by atoms with Crippen LogP contribution >= 0.6 is 12.4 Å². The third kappa shape index (κ3) is 4.56. The first-order valence-corrected chi connectivity index (χ1v) is 10.6. The Labute approximate surface area is 167 Å². The van der Waals surface area contributed by atoms with Crippen molar-refractivity contribution in [1.29, 1.82) is 0 Å². The molecule has 0 saturated carbocycles. The number of piperidine rings is 1. The molecule has 0 spiro atoms. The summed E-state index contributed by atoms with van der Waals surface area (Å²) in [6, 6.07) is 5.06. The van der Waals surface area contributed by atoms with Gasteiger partial charge in [0.05, 0.1) is 10.5 Å². The largest absolute Gasteiger partial charge is 0.371 e. The summed E-state index contributed by atoms with van der Waals surface area (Å²) in [5, 5.41) is 0. The minimum atomic E-state index is -3.59. The smallest absolute Gasteiger partial charge is 0.256 e. The Bertz CT molecular complexity index is 771. The molecule has 1 aromatic carbocycles. The molecule has 1 aromatic rings. The van der Waals surface area contributed by atoms with Crippen LogP contribution in [-0.4, -0.2) is 69.8 Å². The van der Waals surface area contributed by atoms with Gasteiger partial charge in [0.1, 0.15) is 0 Å². The van der Waals surface area contributed by atoms with E-state index in [4.69, 9.17) is 5.73 Å². The molecule has 0 radical (unpaired) electrons. The SMILES string of the molecule is CN(C)S(=O)(=O)c1ccc(N2CCCC2)c(C(=O)N2CCC(N)CC2)c1.Cl. The van der Waals surface area contributed by atoms with Crippen molar-refractivity contribution in [2.24, 2.45) is 5.73 Å². The predicted octanol–water partition coefficient (Wildman–Crippen LogP) is 1.52. The van der Waals surface area contributed by atoms with Crippen molar-refractivity contribution in [2.75, 3.05) is 45.2 Å². The number of sulfonamides is 1. The lowest BCUT2D eigenvalue weighted by molar-refractivity contribution is 0.0715. The van der Waals surface area contributed by atoms with Crippen LogP contribution in [0.15, 0.2) is 23.1 Å². The van der Waals surface area contributed by atoms with Crippen molar-refractivity contribution in [3.63, 3.8) is 0 Å². The monoisotopic (exact) mass is 416 g/mol. The maximum atomic E-state index is 13.2. The highest BCUT2D eigenvalue weighted by Gasteiger charge is 2.28. The summed E-state index contributed by atoms with van der Waals surface area (Å²) in [5.41, 5.74) is 7.26. The standard InChI is InChI=1S/C18H28N4O3S.ClH/c1-20(2)26(24,25)15-5-6-17(21-9-3-4-10-21)16(13-15)18(23)22-11-7-14(19)8-12-22;/h5-6,13-14H,3-4,7-12,19H2,1-2H3;1H. The van der Waals surface area contributed by atoms with E-state index in [2.05, 4.69) is 4.90 Å². The second kappa shape index (κ2) is 8.77. The fourth-order valence-electron chi connectivity index (χ4n) is 3.56. The number of carbonyl (C=O) groups excluding carboxylic acids is 1. The quantitative estimate of drug-likeness (QED) is 0.804. The van der Waals surface area contributed by atoms with Crippen LogP contribution in [0.2, 0.25) is 0 Å². The van der Waals surface area contributed by atoms with E-state index in [1.807, 2.05) is 0 Å². The topological polar surface area (TPSA) is 87.0 Å². The summed E-state index contributed by atoms with van der Waals surface area (Å²) in [5.74, 6) is -0.102. The summed E-state index contributed by atoms with van der Waals surface area (Å²) >= 11 is 0. The number of nitrogens with zero attached hydrogens (tertiary/aromatic N) is 3. The van der Waals surface area contributed by atoms with Gasteiger partial charge in [-0.2, -0.15) is 0 Å². The molecular weight excluding hydrogens is 388 g/mol. The zero-order valence-electron chi connectivity index (χ0n) is 15.9. The van der Waals surface area contributed by atoms with Gasteiger partial charge < -0.3 is 15.5 Å². The van der Waals surface area contributed by atoms with Gasteiger partial charge in [0.15, 0.2) is 0 Å². The summed E-state index contributed by atoms with van der Waals surface area (Å²) in [6.07, 6.45) is 3.73. The molecule has 9 heteroatoms. The van der Waals surface area contributed by atoms with Gasteiger partial charge in [-0.05, 0) is 43.9 Å². The van der Waals surface area contributed by atoms with E-state index in [0.29, 0.717) is 18.7 Å². The van der Waals surface area contributed by atoms with Gasteiger partial charge in [-0.1, -0.05) is 0 Å². The Morgan fingerprint density at radius 2 is 1.70 bits per heavy atom. The molecule has 0 aliphatic carbocycles. The number of rotatable bonds is 4. The Hall–Kier alpha value is -1.35. The number of halogens is 1. The number of amides is 1. The van der Waals surface area contributed by atoms with E-state index in [1.165, 1.54) is 18.4 Å². The molecule has 2 heterocycles. The van der Waals surface area contributed by atoms with Crippen molar-refractivity contribution in [3.05, 3.63) is 23.8 Å². The van der Waals surface area contributed by atoms with Crippen molar-refractivity contribution in [1.82, 2.24) is 9.21 Å². The van der Waals surface area contributed by atoms with E-state index < -0.39 is 10.0 Å². The van der Waals surface area contributed by atoms with Crippen LogP contribution in [0.4, 0.5) is 5.69 Å². The first kappa shape index (κ1) is 21.9. The maximum absolute atomic E-state index is 13.2. The summed E-state index contributed by atoms with van der Waals surface area (Å²) in [4.78, 5) is 17.3. The molecule has 1 amide bonds. The summed E-state index contributed by atoms with van der Waals surface area (Å²) in [7, 11) is -0.594. The lowest BCUT2D eigenvalue weighted by Crippen LogP contribution is -2.43. The minimum Gasteiger partial charge on any atom is -0.371 e. The molecule has 152 valence electrons. The molecule has 3 rings (SSSR count). The second-order valence-electron chi connectivity index (χ2n) is 7.29. The summed E-state index contributed by atoms with van der Waals surface area (Å²) in [6.45, 7) is 3.02. The number of benzene rings is 1. The first-order valence-electron chi connectivity index (χ1n) is 9.17. The number of likely N-dealkylation sites (tertiary alicyclic amines) is 1. The lowest BCUT2D eigenvalue weighted by Gasteiger charge is -2.32. The number of hydrogen-bond donors (Lipinski definition) is 1. The van der Waals surface area contributed by atoms with Crippen molar-refractivity contribution >= 4 is 34.0 Å². The van der Waals surface area contributed by atoms with E-state index in [0.717, 1.165) is 44.5 Å². The van der Waals surface area contributed by atoms with Gasteiger partial charge >= 0.3 is 0 Å². The molecule has 2 saturated heterocycles. The highest BCUT2D eigenvalue weighted by molar-refractivity contribution is 7.89. The highest BCUT2D eigenvalue weighted by atomic mass is 35.5. The summed E-state index contributed by atoms with van der Waals surface area (Å²) < 4.78 is 26.2. The highest BCUT2D eigenvalue weighted by Crippen LogP contribution is 2.29. The lowest BCUT2D eigenvalue weighted by atomic mass is 10.0. The molecule has 0 atom stereocenters. The van der Waals surface area contributed by atoms with E-state index >= 15 is 0 Å². The van der Waals surface area contributed by atoms with Crippen LogP contribution in [0.25, 0.3) is 0 Å². The maximum Gasteiger partial charge on any atom is 0.256 e. The Morgan fingerprint density at radius 1 is 1.11 bits per heavy atom. The zero-order chi connectivity index (χ0) is 18.9. The fraction of sp³-hybridized carbons (Fsp3) is 0.611. The van der Waals surface area contributed by atoms with Crippen LogP contribution in [0.3, 0.4) is 0 Å². The van der Waals surface area contributed by atoms with Crippen molar-refractivity contribution in [2.45, 2.75) is 36.6 Å². The normalized spacial score (nSPS) is 18.7. The number of anilines is 1. The third-order valence-corrected chi connectivity index (χ3v) is 7.06. The van der Waals surface area contributed by atoms with Crippen LogP contribution in [-0.2, 0) is 10.0 Å². The zero-order valence-corrected chi connectivity index (χ0v) is 17.6. The molecule has 0 bridgehead atoms. The van der Waals surface area contributed by atoms with Crippen LogP contribution < -0.4 is 10.6 Å². The molecule has 0 aromatic heterocycles. The van der Waals surface area contributed by atoms with Gasteiger partial charge in [0, 0.05) is 52.0 Å².